The molecule has 0 aromatic carbocycles. The van der Waals surface area contributed by atoms with Gasteiger partial charge in [-0.2, -0.15) is 0 Å². The standard InChI is InChI=1S/C11H16N2O6/c1-3-18-10(16)6(8(12)14)5-7(9(13)15)11(17)19-4-2/h5-6H,3-4H2,1-2H3,(H2,12,14)(H2,13,15). The summed E-state index contributed by atoms with van der Waals surface area (Å²) in [7, 11) is 0. The first-order valence-corrected chi connectivity index (χ1v) is 5.49. The lowest BCUT2D eigenvalue weighted by atomic mass is 10.0. The van der Waals surface area contributed by atoms with Crippen LogP contribution in [0.4, 0.5) is 0 Å². The molecule has 0 saturated heterocycles. The monoisotopic (exact) mass is 272 g/mol. The molecule has 0 rings (SSSR count). The van der Waals surface area contributed by atoms with Crippen LogP contribution >= 0.6 is 0 Å². The van der Waals surface area contributed by atoms with Gasteiger partial charge in [0.05, 0.1) is 13.2 Å². The highest BCUT2D eigenvalue weighted by Crippen LogP contribution is 2.08. The number of carbonyl (C=O) groups excluding carboxylic acids is 4. The number of hydrogen-bond acceptors (Lipinski definition) is 6. The molecule has 0 aliphatic carbocycles. The average molecular weight is 272 g/mol. The normalized spacial score (nSPS) is 12.4. The minimum Gasteiger partial charge on any atom is -0.465 e. The number of ether oxygens (including phenoxy) is 2. The van der Waals surface area contributed by atoms with Gasteiger partial charge in [-0.15, -0.1) is 0 Å². The molecule has 0 aromatic heterocycles. The van der Waals surface area contributed by atoms with E-state index >= 15 is 0 Å². The number of carbonyl (C=O) groups is 4. The van der Waals surface area contributed by atoms with Crippen LogP contribution in [0.3, 0.4) is 0 Å². The molecule has 106 valence electrons. The Hall–Kier alpha value is -2.38. The smallest absolute Gasteiger partial charge is 0.343 e. The summed E-state index contributed by atoms with van der Waals surface area (Å²) in [5.41, 5.74) is 9.35. The SMILES string of the molecule is CCOC(=O)C(=CC(C(N)=O)C(=O)OCC)C(N)=O. The van der Waals surface area contributed by atoms with E-state index in [1.807, 2.05) is 0 Å². The summed E-state index contributed by atoms with van der Waals surface area (Å²) in [6, 6.07) is 0. The molecule has 8 heteroatoms. The van der Waals surface area contributed by atoms with Crippen molar-refractivity contribution in [2.45, 2.75) is 13.8 Å². The number of hydrogen-bond donors (Lipinski definition) is 2. The van der Waals surface area contributed by atoms with Crippen molar-refractivity contribution in [3.8, 4) is 0 Å². The van der Waals surface area contributed by atoms with Crippen molar-refractivity contribution in [1.29, 1.82) is 0 Å². The lowest BCUT2D eigenvalue weighted by Crippen LogP contribution is -2.33. The predicted molar refractivity (Wildman–Crippen MR) is 63.2 cm³/mol. The van der Waals surface area contributed by atoms with Crippen LogP contribution < -0.4 is 11.5 Å². The van der Waals surface area contributed by atoms with E-state index in [0.717, 1.165) is 6.08 Å². The highest BCUT2D eigenvalue weighted by Gasteiger charge is 2.28. The van der Waals surface area contributed by atoms with Crippen LogP contribution in [-0.2, 0) is 28.7 Å². The Labute approximate surface area is 109 Å². The number of amides is 2. The molecule has 0 saturated carbocycles. The molecular formula is C11H16N2O6. The van der Waals surface area contributed by atoms with Gasteiger partial charge in [0.15, 0.2) is 5.92 Å². The molecule has 1 atom stereocenters. The summed E-state index contributed by atoms with van der Waals surface area (Å²) >= 11 is 0. The Morgan fingerprint density at radius 1 is 1.05 bits per heavy atom. The fourth-order valence-electron chi connectivity index (χ4n) is 1.12. The molecule has 4 N–H and O–H groups in total. The first-order chi connectivity index (χ1) is 8.84. The van der Waals surface area contributed by atoms with Crippen molar-refractivity contribution in [2.75, 3.05) is 13.2 Å². The van der Waals surface area contributed by atoms with Gasteiger partial charge in [0, 0.05) is 0 Å². The molecule has 1 unspecified atom stereocenters. The van der Waals surface area contributed by atoms with E-state index < -0.39 is 35.2 Å². The third-order valence-electron chi connectivity index (χ3n) is 1.94. The minimum absolute atomic E-state index is 0.00407. The maximum absolute atomic E-state index is 11.5. The Morgan fingerprint density at radius 3 is 1.95 bits per heavy atom. The molecule has 0 aliphatic rings. The van der Waals surface area contributed by atoms with Gasteiger partial charge in [-0.1, -0.05) is 0 Å². The Bertz CT molecular complexity index is 415. The molecule has 19 heavy (non-hydrogen) atoms. The van der Waals surface area contributed by atoms with Gasteiger partial charge in [0.2, 0.25) is 5.91 Å². The van der Waals surface area contributed by atoms with Crippen molar-refractivity contribution in [3.05, 3.63) is 11.6 Å². The van der Waals surface area contributed by atoms with Crippen molar-refractivity contribution in [3.63, 3.8) is 0 Å². The van der Waals surface area contributed by atoms with Crippen LogP contribution in [-0.4, -0.2) is 37.0 Å². The number of rotatable bonds is 7. The Kier molecular flexibility index (Phi) is 6.87. The minimum atomic E-state index is -1.58. The van der Waals surface area contributed by atoms with E-state index in [2.05, 4.69) is 9.47 Å². The first-order valence-electron chi connectivity index (χ1n) is 5.49. The van der Waals surface area contributed by atoms with Gasteiger partial charge >= 0.3 is 11.9 Å². The molecule has 0 spiro atoms. The van der Waals surface area contributed by atoms with Gasteiger partial charge in [-0.3, -0.25) is 14.4 Å². The summed E-state index contributed by atoms with van der Waals surface area (Å²) in [5.74, 6) is -5.79. The quantitative estimate of drug-likeness (QED) is 0.253. The molecular weight excluding hydrogens is 256 g/mol. The molecule has 8 nitrogen and oxygen atoms in total. The maximum atomic E-state index is 11.5. The highest BCUT2D eigenvalue weighted by atomic mass is 16.5. The average Bonchev–Trinajstić information content (AvgIpc) is 2.29. The van der Waals surface area contributed by atoms with Crippen LogP contribution in [0.15, 0.2) is 11.6 Å². The lowest BCUT2D eigenvalue weighted by molar-refractivity contribution is -0.149. The van der Waals surface area contributed by atoms with Crippen LogP contribution in [0.2, 0.25) is 0 Å². The number of esters is 2. The van der Waals surface area contributed by atoms with Crippen molar-refractivity contribution < 1.29 is 28.7 Å². The summed E-state index contributed by atoms with van der Waals surface area (Å²) in [6.45, 7) is 3.07. The largest absolute Gasteiger partial charge is 0.465 e. The van der Waals surface area contributed by atoms with Gasteiger partial charge in [0.25, 0.3) is 5.91 Å². The fourth-order valence-corrected chi connectivity index (χ4v) is 1.12. The lowest BCUT2D eigenvalue weighted by Gasteiger charge is -2.09. The molecule has 0 aliphatic heterocycles. The zero-order chi connectivity index (χ0) is 15.0. The van der Waals surface area contributed by atoms with Crippen LogP contribution in [0, 0.1) is 5.92 Å². The second-order valence-corrected chi connectivity index (χ2v) is 3.30. The molecule has 0 radical (unpaired) electrons. The van der Waals surface area contributed by atoms with Crippen LogP contribution in [0.5, 0.6) is 0 Å². The van der Waals surface area contributed by atoms with E-state index in [1.165, 1.54) is 13.8 Å². The number of primary amides is 2. The van der Waals surface area contributed by atoms with E-state index in [9.17, 15) is 19.2 Å². The Balaban J connectivity index is 5.35. The topological polar surface area (TPSA) is 139 Å². The second kappa shape index (κ2) is 7.85. The molecule has 0 heterocycles. The zero-order valence-electron chi connectivity index (χ0n) is 10.7. The van der Waals surface area contributed by atoms with E-state index in [1.54, 1.807) is 0 Å². The van der Waals surface area contributed by atoms with Gasteiger partial charge in [0.1, 0.15) is 5.57 Å². The maximum Gasteiger partial charge on any atom is 0.343 e. The Morgan fingerprint density at radius 2 is 1.58 bits per heavy atom. The van der Waals surface area contributed by atoms with Gasteiger partial charge in [-0.25, -0.2) is 4.79 Å². The van der Waals surface area contributed by atoms with Gasteiger partial charge < -0.3 is 20.9 Å². The zero-order valence-corrected chi connectivity index (χ0v) is 10.7. The highest BCUT2D eigenvalue weighted by molar-refractivity contribution is 6.17. The fraction of sp³-hybridized carbons (Fsp3) is 0.455. The molecule has 0 fully saturated rings. The summed E-state index contributed by atoms with van der Waals surface area (Å²) < 4.78 is 9.17. The van der Waals surface area contributed by atoms with Gasteiger partial charge in [-0.05, 0) is 19.9 Å². The first kappa shape index (κ1) is 16.6. The summed E-state index contributed by atoms with van der Waals surface area (Å²) in [5, 5.41) is 0. The van der Waals surface area contributed by atoms with E-state index in [-0.39, 0.29) is 13.2 Å². The van der Waals surface area contributed by atoms with Crippen molar-refractivity contribution >= 4 is 23.8 Å². The second-order valence-electron chi connectivity index (χ2n) is 3.30. The van der Waals surface area contributed by atoms with Crippen LogP contribution in [0.1, 0.15) is 13.8 Å². The molecule has 0 bridgehead atoms. The summed E-state index contributed by atoms with van der Waals surface area (Å²) in [6.07, 6.45) is 0.751. The third-order valence-corrected chi connectivity index (χ3v) is 1.94. The van der Waals surface area contributed by atoms with E-state index in [0.29, 0.717) is 0 Å². The van der Waals surface area contributed by atoms with E-state index in [4.69, 9.17) is 11.5 Å². The molecule has 0 aromatic rings. The predicted octanol–water partition coefficient (Wildman–Crippen LogP) is -1.37. The third kappa shape index (κ3) is 5.19. The van der Waals surface area contributed by atoms with Crippen molar-refractivity contribution in [1.82, 2.24) is 0 Å². The van der Waals surface area contributed by atoms with Crippen LogP contribution in [0.25, 0.3) is 0 Å². The molecule has 2 amide bonds. The summed E-state index contributed by atoms with van der Waals surface area (Å²) in [4.78, 5) is 45.1. The number of nitrogens with two attached hydrogens (primary N) is 2. The van der Waals surface area contributed by atoms with Crippen molar-refractivity contribution in [2.24, 2.45) is 17.4 Å².